The Hall–Kier alpha value is -4.35. The molecule has 2 aliphatic carbocycles. The van der Waals surface area contributed by atoms with Gasteiger partial charge in [-0.2, -0.15) is 8.42 Å². The van der Waals surface area contributed by atoms with Crippen molar-refractivity contribution in [2.75, 3.05) is 13.7 Å². The molecule has 3 aromatic carbocycles. The number of phenols is 2. The first-order chi connectivity index (χ1) is 29.5. The van der Waals surface area contributed by atoms with Crippen LogP contribution in [0.3, 0.4) is 0 Å². The number of aromatic hydroxyl groups is 2. The number of ketones is 2. The van der Waals surface area contributed by atoms with Gasteiger partial charge in [-0.1, -0.05) is 11.8 Å². The molecule has 0 saturated carbocycles. The fourth-order valence-corrected chi connectivity index (χ4v) is 8.58. The topological polar surface area (TPSA) is 375 Å². The third kappa shape index (κ3) is 8.49. The van der Waals surface area contributed by atoms with Crippen molar-refractivity contribution < 1.29 is 136 Å². The van der Waals surface area contributed by atoms with Crippen molar-refractivity contribution in [2.45, 2.75) is 94.3 Å². The van der Waals surface area contributed by atoms with Crippen molar-refractivity contribution in [3.05, 3.63) is 68.8 Å². The van der Waals surface area contributed by atoms with Gasteiger partial charge in [0.15, 0.2) is 24.1 Å². The molecule has 0 bridgehead atoms. The van der Waals surface area contributed by atoms with Gasteiger partial charge in [0.2, 0.25) is 0 Å². The zero-order valence-corrected chi connectivity index (χ0v) is 37.0. The number of hydrogen-bond donors (Lipinski definition) is 10. The summed E-state index contributed by atoms with van der Waals surface area (Å²) in [7, 11) is -3.90. The van der Waals surface area contributed by atoms with Crippen molar-refractivity contribution in [3.63, 3.8) is 0 Å². The maximum atomic E-state index is 14.0. The molecular weight excluding hydrogens is 889 g/mol. The van der Waals surface area contributed by atoms with E-state index in [0.29, 0.717) is 0 Å². The number of phenolic OH excluding ortho intramolecular Hbond substituents is 2. The molecule has 0 spiro atoms. The number of benzene rings is 3. The van der Waals surface area contributed by atoms with Gasteiger partial charge in [0.25, 0.3) is 5.91 Å². The van der Waals surface area contributed by atoms with Gasteiger partial charge in [-0.05, 0) is 55.7 Å². The van der Waals surface area contributed by atoms with E-state index < -0.39 is 176 Å². The molecule has 12 atom stereocenters. The number of rotatable bonds is 10. The molecule has 64 heavy (non-hydrogen) atoms. The molecule has 10 N–H and O–H groups in total. The average Bonchev–Trinajstić information content (AvgIpc) is 3.20. The first-order valence-corrected chi connectivity index (χ1v) is 20.3. The summed E-state index contributed by atoms with van der Waals surface area (Å²) in [4.78, 5) is 53.2. The van der Waals surface area contributed by atoms with Gasteiger partial charge in [0, 0.05) is 27.8 Å². The maximum absolute atomic E-state index is 14.0. The van der Waals surface area contributed by atoms with Crippen LogP contribution < -0.4 is 44.7 Å². The molecule has 25 heteroatoms. The Morgan fingerprint density at radius 2 is 1.48 bits per heavy atom. The number of carbonyl (C=O) groups is 4. The van der Waals surface area contributed by atoms with E-state index in [1.807, 2.05) is 0 Å². The number of carboxylic acid groups (broad SMARTS) is 1. The minimum Gasteiger partial charge on any atom is -0.872 e. The number of amides is 1. The van der Waals surface area contributed by atoms with Gasteiger partial charge >= 0.3 is 45.9 Å². The number of aliphatic hydroxyl groups excluding tert-OH is 5. The summed E-state index contributed by atoms with van der Waals surface area (Å²) in [5.41, 5.74) is -4.38. The Morgan fingerprint density at radius 3 is 2.11 bits per heavy atom. The van der Waals surface area contributed by atoms with Gasteiger partial charge in [-0.15, -0.1) is 0 Å². The van der Waals surface area contributed by atoms with Gasteiger partial charge in [0.1, 0.15) is 72.1 Å². The molecule has 7 rings (SSSR count). The second kappa shape index (κ2) is 18.1. The second-order valence-corrected chi connectivity index (χ2v) is 16.3. The van der Waals surface area contributed by atoms with Crippen LogP contribution in [0.15, 0.2) is 24.3 Å². The van der Waals surface area contributed by atoms with E-state index in [-0.39, 0.29) is 46.4 Å². The van der Waals surface area contributed by atoms with Crippen molar-refractivity contribution in [3.8, 4) is 34.1 Å². The summed E-state index contributed by atoms with van der Waals surface area (Å²) >= 11 is 0. The average molecular weight is 930 g/mol. The summed E-state index contributed by atoms with van der Waals surface area (Å²) in [5, 5.41) is 105. The second-order valence-electron chi connectivity index (χ2n) is 15.3. The number of aryl methyl sites for hydroxylation is 1. The number of aliphatic carboxylic acids is 1. The van der Waals surface area contributed by atoms with Crippen LogP contribution in [0.1, 0.15) is 84.9 Å². The SMILES string of the molecule is COc1cc([O-])c2c(c1)C(=O)c1c(cc3c(c1O)-c1c(cc(C)c(C(=O)N[C@H](C)C(=O)O)c1O)[C@H](O[C@@H]1O[C@H](C)[C@H](O)[C@H](O[C@@H]4OC[C@@H](OS(=O)(=O)O)[C@H](O)[C@H]4O)[C@H]1O)[C@H]3O)C2=O.[Na+]. The molecular formula is C39H40NNaO22S. The van der Waals surface area contributed by atoms with E-state index in [1.54, 1.807) is 0 Å². The Kier molecular flexibility index (Phi) is 13.9. The van der Waals surface area contributed by atoms with Gasteiger partial charge < -0.3 is 75.0 Å². The molecule has 340 valence electrons. The predicted octanol–water partition coefficient (Wildman–Crippen LogP) is -4.64. The van der Waals surface area contributed by atoms with Crippen molar-refractivity contribution >= 4 is 33.8 Å². The van der Waals surface area contributed by atoms with Gasteiger partial charge in [-0.3, -0.25) is 23.7 Å². The normalized spacial score (nSPS) is 29.0. The number of methoxy groups -OCH3 is 1. The number of carbonyl (C=O) groups excluding carboxylic acids is 3. The Bertz CT molecular complexity index is 2530. The van der Waals surface area contributed by atoms with E-state index in [9.17, 15) is 73.6 Å². The Morgan fingerprint density at radius 1 is 0.859 bits per heavy atom. The molecule has 0 radical (unpaired) electrons. The third-order valence-electron chi connectivity index (χ3n) is 11.3. The summed E-state index contributed by atoms with van der Waals surface area (Å²) < 4.78 is 63.7. The first kappa shape index (κ1) is 49.1. The molecule has 1 amide bonds. The zero-order chi connectivity index (χ0) is 46.3. The number of aliphatic hydroxyl groups is 5. The van der Waals surface area contributed by atoms with Crippen LogP contribution in [0.4, 0.5) is 0 Å². The van der Waals surface area contributed by atoms with Crippen LogP contribution in [0.2, 0.25) is 0 Å². The molecule has 0 unspecified atom stereocenters. The molecule has 2 saturated heterocycles. The molecule has 2 heterocycles. The Labute approximate surface area is 383 Å². The number of ether oxygens (including phenoxy) is 5. The smallest absolute Gasteiger partial charge is 0.872 e. The number of nitrogens with one attached hydrogen (secondary N) is 1. The van der Waals surface area contributed by atoms with Crippen LogP contribution in [0, 0.1) is 6.92 Å². The first-order valence-electron chi connectivity index (χ1n) is 18.9. The van der Waals surface area contributed by atoms with E-state index >= 15 is 0 Å². The summed E-state index contributed by atoms with van der Waals surface area (Å²) in [6.45, 7) is 2.99. The van der Waals surface area contributed by atoms with Gasteiger partial charge in [-0.25, -0.2) is 4.18 Å². The number of fused-ring (bicyclic) bond motifs is 5. The quantitative estimate of drug-likeness (QED) is 0.0528. The largest absolute Gasteiger partial charge is 1.00 e. The minimum atomic E-state index is -5.11. The van der Waals surface area contributed by atoms with E-state index in [2.05, 4.69) is 9.50 Å². The fourth-order valence-electron chi connectivity index (χ4n) is 8.09. The van der Waals surface area contributed by atoms with Crippen LogP contribution in [-0.2, 0) is 38.3 Å². The van der Waals surface area contributed by atoms with Crippen molar-refractivity contribution in [1.29, 1.82) is 0 Å². The number of hydrogen-bond acceptors (Lipinski definition) is 20. The van der Waals surface area contributed by atoms with Crippen LogP contribution >= 0.6 is 0 Å². The Balaban J connectivity index is 0.00000680. The van der Waals surface area contributed by atoms with E-state index in [1.165, 1.54) is 27.0 Å². The predicted molar refractivity (Wildman–Crippen MR) is 202 cm³/mol. The van der Waals surface area contributed by atoms with Crippen LogP contribution in [0.5, 0.6) is 23.0 Å². The van der Waals surface area contributed by atoms with E-state index in [0.717, 1.165) is 25.1 Å². The van der Waals surface area contributed by atoms with E-state index in [4.69, 9.17) is 28.2 Å². The summed E-state index contributed by atoms with van der Waals surface area (Å²) in [6, 6.07) is 2.78. The van der Waals surface area contributed by atoms with Gasteiger partial charge in [0.05, 0.1) is 30.9 Å². The molecule has 0 aromatic heterocycles. The maximum Gasteiger partial charge on any atom is 1.00 e. The zero-order valence-electron chi connectivity index (χ0n) is 34.2. The van der Waals surface area contributed by atoms with Crippen molar-refractivity contribution in [1.82, 2.24) is 5.32 Å². The van der Waals surface area contributed by atoms with Crippen LogP contribution in [0.25, 0.3) is 11.1 Å². The third-order valence-corrected chi connectivity index (χ3v) is 11.7. The molecule has 23 nitrogen and oxygen atoms in total. The number of carboxylic acids is 1. The monoisotopic (exact) mass is 929 g/mol. The molecule has 4 aliphatic rings. The summed E-state index contributed by atoms with van der Waals surface area (Å²) in [6.07, 6.45) is -20.5. The standard InChI is InChI=1S/C39H41NO22S.Na/c1-10-5-17-23(30(47)20(10)36(51)40-11(2)37(52)53)22-15(8-16-24(31(22)48)27(44)14-6-13(57-4)7-18(41)21(14)26(16)43)28(45)34(17)60-39-33(50)35(25(42)12(3)59-39)61-38-32(49)29(46)19(9-58-38)62-63(54,55)56;/h5-8,11-12,19,25,28-29,32-35,38-39,41-42,45-50H,9H2,1-4H3,(H,40,51)(H,52,53)(H,54,55,56);/q;+1/p-1/t11-,12-,19-,25+,28+,29+,32-,33-,34+,35+,38+,39+;/m1./s1. The molecule has 2 aliphatic heterocycles. The molecule has 3 aromatic rings. The van der Waals surface area contributed by atoms with Crippen LogP contribution in [-0.4, -0.2) is 152 Å². The fraction of sp³-hybridized carbons (Fsp3) is 0.436. The molecule has 2 fully saturated rings. The summed E-state index contributed by atoms with van der Waals surface area (Å²) in [5.74, 6) is -7.51. The van der Waals surface area contributed by atoms with Crippen molar-refractivity contribution in [2.24, 2.45) is 0 Å². The minimum absolute atomic E-state index is 0.